The number of carbonyl (C=O) groups is 2. The van der Waals surface area contributed by atoms with E-state index >= 15 is 0 Å². The molecule has 6 heteroatoms. The van der Waals surface area contributed by atoms with Crippen molar-refractivity contribution in [3.05, 3.63) is 89.9 Å². The van der Waals surface area contributed by atoms with E-state index in [1.807, 2.05) is 30.3 Å². The molecule has 0 spiro atoms. The molecule has 1 N–H and O–H groups in total. The SMILES string of the molecule is COc1ccc(C(C(=O)NCc2ccccc2)N(Cc2ccco2)C(C)=O)cc1. The zero-order chi connectivity index (χ0) is 20.6. The van der Waals surface area contributed by atoms with Gasteiger partial charge in [0.1, 0.15) is 17.6 Å². The fraction of sp³-hybridized carbons (Fsp3) is 0.217. The van der Waals surface area contributed by atoms with Crippen LogP contribution in [0.1, 0.15) is 29.9 Å². The van der Waals surface area contributed by atoms with E-state index in [2.05, 4.69) is 5.32 Å². The Morgan fingerprint density at radius 1 is 1.03 bits per heavy atom. The normalized spacial score (nSPS) is 11.5. The van der Waals surface area contributed by atoms with Crippen LogP contribution >= 0.6 is 0 Å². The van der Waals surface area contributed by atoms with Gasteiger partial charge in [-0.05, 0) is 35.4 Å². The van der Waals surface area contributed by atoms with Gasteiger partial charge in [0.05, 0.1) is 19.9 Å². The highest BCUT2D eigenvalue weighted by Crippen LogP contribution is 2.26. The lowest BCUT2D eigenvalue weighted by atomic mass is 10.0. The van der Waals surface area contributed by atoms with Gasteiger partial charge in [0.25, 0.3) is 0 Å². The molecule has 0 radical (unpaired) electrons. The van der Waals surface area contributed by atoms with Crippen LogP contribution in [0.2, 0.25) is 0 Å². The molecule has 1 aromatic heterocycles. The minimum absolute atomic E-state index is 0.192. The molecule has 150 valence electrons. The van der Waals surface area contributed by atoms with E-state index in [0.717, 1.165) is 5.56 Å². The van der Waals surface area contributed by atoms with Crippen LogP contribution in [-0.2, 0) is 22.7 Å². The summed E-state index contributed by atoms with van der Waals surface area (Å²) in [6, 6.07) is 19.5. The molecule has 3 rings (SSSR count). The van der Waals surface area contributed by atoms with Crippen molar-refractivity contribution in [2.45, 2.75) is 26.1 Å². The number of nitrogens with zero attached hydrogens (tertiary/aromatic N) is 1. The summed E-state index contributed by atoms with van der Waals surface area (Å²) in [4.78, 5) is 27.1. The third kappa shape index (κ3) is 5.25. The molecule has 29 heavy (non-hydrogen) atoms. The van der Waals surface area contributed by atoms with Crippen LogP contribution in [0.15, 0.2) is 77.4 Å². The highest BCUT2D eigenvalue weighted by molar-refractivity contribution is 5.88. The van der Waals surface area contributed by atoms with Gasteiger partial charge in [-0.15, -0.1) is 0 Å². The zero-order valence-electron chi connectivity index (χ0n) is 16.5. The number of nitrogens with one attached hydrogen (secondary N) is 1. The van der Waals surface area contributed by atoms with Gasteiger partial charge < -0.3 is 19.4 Å². The monoisotopic (exact) mass is 392 g/mol. The second kappa shape index (κ2) is 9.59. The Bertz CT molecular complexity index is 921. The molecule has 1 atom stereocenters. The second-order valence-corrected chi connectivity index (χ2v) is 6.61. The van der Waals surface area contributed by atoms with Crippen LogP contribution in [0.3, 0.4) is 0 Å². The van der Waals surface area contributed by atoms with Crippen LogP contribution in [-0.4, -0.2) is 23.8 Å². The van der Waals surface area contributed by atoms with Gasteiger partial charge in [-0.1, -0.05) is 42.5 Å². The molecular weight excluding hydrogens is 368 g/mol. The molecule has 1 unspecified atom stereocenters. The number of hydrogen-bond acceptors (Lipinski definition) is 4. The summed E-state index contributed by atoms with van der Waals surface area (Å²) >= 11 is 0. The Kier molecular flexibility index (Phi) is 6.68. The first-order chi connectivity index (χ1) is 14.1. The summed E-state index contributed by atoms with van der Waals surface area (Å²) in [5.74, 6) is 0.796. The maximum atomic E-state index is 13.2. The van der Waals surface area contributed by atoms with Crippen LogP contribution in [0.5, 0.6) is 5.75 Å². The minimum atomic E-state index is -0.799. The van der Waals surface area contributed by atoms with E-state index in [1.54, 1.807) is 49.8 Å². The van der Waals surface area contributed by atoms with Gasteiger partial charge in [-0.25, -0.2) is 0 Å². The van der Waals surface area contributed by atoms with Crippen molar-refractivity contribution >= 4 is 11.8 Å². The number of rotatable bonds is 8. The lowest BCUT2D eigenvalue weighted by Crippen LogP contribution is -2.42. The predicted octanol–water partition coefficient (Wildman–Crippen LogP) is 3.69. The first-order valence-electron chi connectivity index (χ1n) is 9.33. The van der Waals surface area contributed by atoms with Crippen molar-refractivity contribution in [1.82, 2.24) is 10.2 Å². The lowest BCUT2D eigenvalue weighted by Gasteiger charge is -2.30. The number of ether oxygens (including phenoxy) is 1. The van der Waals surface area contributed by atoms with Crippen LogP contribution in [0, 0.1) is 0 Å². The van der Waals surface area contributed by atoms with Gasteiger partial charge in [-0.2, -0.15) is 0 Å². The summed E-state index contributed by atoms with van der Waals surface area (Å²) in [5.41, 5.74) is 1.67. The van der Waals surface area contributed by atoms with E-state index in [1.165, 1.54) is 11.8 Å². The van der Waals surface area contributed by atoms with E-state index in [-0.39, 0.29) is 18.4 Å². The van der Waals surface area contributed by atoms with Crippen LogP contribution in [0.4, 0.5) is 0 Å². The highest BCUT2D eigenvalue weighted by atomic mass is 16.5. The molecule has 2 amide bonds. The Hall–Kier alpha value is -3.54. The van der Waals surface area contributed by atoms with E-state index < -0.39 is 6.04 Å². The van der Waals surface area contributed by atoms with Gasteiger partial charge in [-0.3, -0.25) is 9.59 Å². The van der Waals surface area contributed by atoms with Crippen molar-refractivity contribution in [1.29, 1.82) is 0 Å². The van der Waals surface area contributed by atoms with Crippen molar-refractivity contribution in [3.8, 4) is 5.75 Å². The quantitative estimate of drug-likeness (QED) is 0.635. The fourth-order valence-corrected chi connectivity index (χ4v) is 3.10. The smallest absolute Gasteiger partial charge is 0.247 e. The molecular formula is C23H24N2O4. The summed E-state index contributed by atoms with van der Waals surface area (Å²) in [6.07, 6.45) is 1.55. The molecule has 0 fully saturated rings. The molecule has 1 heterocycles. The summed E-state index contributed by atoms with van der Waals surface area (Å²) < 4.78 is 10.6. The van der Waals surface area contributed by atoms with Gasteiger partial charge >= 0.3 is 0 Å². The molecule has 3 aromatic rings. The molecule has 0 aliphatic heterocycles. The number of amides is 2. The van der Waals surface area contributed by atoms with E-state index in [0.29, 0.717) is 23.6 Å². The van der Waals surface area contributed by atoms with Crippen molar-refractivity contribution in [2.75, 3.05) is 7.11 Å². The van der Waals surface area contributed by atoms with Gasteiger partial charge in [0, 0.05) is 13.5 Å². The van der Waals surface area contributed by atoms with Crippen LogP contribution < -0.4 is 10.1 Å². The Balaban J connectivity index is 1.88. The average molecular weight is 392 g/mol. The lowest BCUT2D eigenvalue weighted by molar-refractivity contribution is -0.140. The summed E-state index contributed by atoms with van der Waals surface area (Å²) in [7, 11) is 1.58. The summed E-state index contributed by atoms with van der Waals surface area (Å²) in [5, 5.41) is 2.95. The minimum Gasteiger partial charge on any atom is -0.497 e. The van der Waals surface area contributed by atoms with Gasteiger partial charge in [0.2, 0.25) is 11.8 Å². The Morgan fingerprint density at radius 2 is 1.76 bits per heavy atom. The fourth-order valence-electron chi connectivity index (χ4n) is 3.10. The highest BCUT2D eigenvalue weighted by Gasteiger charge is 2.30. The topological polar surface area (TPSA) is 71.8 Å². The Labute approximate surface area is 170 Å². The number of benzene rings is 2. The van der Waals surface area contributed by atoms with E-state index in [9.17, 15) is 9.59 Å². The van der Waals surface area contributed by atoms with Crippen molar-refractivity contribution < 1.29 is 18.7 Å². The molecule has 2 aromatic carbocycles. The largest absolute Gasteiger partial charge is 0.497 e. The first-order valence-corrected chi connectivity index (χ1v) is 9.33. The number of hydrogen-bond donors (Lipinski definition) is 1. The Morgan fingerprint density at radius 3 is 2.34 bits per heavy atom. The zero-order valence-corrected chi connectivity index (χ0v) is 16.5. The van der Waals surface area contributed by atoms with Gasteiger partial charge in [0.15, 0.2) is 0 Å². The molecule has 0 aliphatic carbocycles. The molecule has 0 saturated heterocycles. The standard InChI is InChI=1S/C23H24N2O4/c1-17(26)25(16-21-9-6-14-29-21)22(19-10-12-20(28-2)13-11-19)23(27)24-15-18-7-4-3-5-8-18/h3-14,22H,15-16H2,1-2H3,(H,24,27). The maximum Gasteiger partial charge on any atom is 0.247 e. The molecule has 0 bridgehead atoms. The van der Waals surface area contributed by atoms with Crippen molar-refractivity contribution in [3.63, 3.8) is 0 Å². The first kappa shape index (κ1) is 20.2. The van der Waals surface area contributed by atoms with E-state index in [4.69, 9.17) is 9.15 Å². The number of carbonyl (C=O) groups excluding carboxylic acids is 2. The maximum absolute atomic E-state index is 13.2. The summed E-state index contributed by atoms with van der Waals surface area (Å²) in [6.45, 7) is 2.01. The second-order valence-electron chi connectivity index (χ2n) is 6.61. The number of furan rings is 1. The third-order valence-electron chi connectivity index (χ3n) is 4.61. The van der Waals surface area contributed by atoms with Crippen molar-refractivity contribution in [2.24, 2.45) is 0 Å². The molecule has 6 nitrogen and oxygen atoms in total. The molecule has 0 saturated carbocycles. The number of methoxy groups -OCH3 is 1. The van der Waals surface area contributed by atoms with Crippen LogP contribution in [0.25, 0.3) is 0 Å². The average Bonchev–Trinajstić information content (AvgIpc) is 3.26. The predicted molar refractivity (Wildman–Crippen MR) is 109 cm³/mol. The molecule has 0 aliphatic rings. The third-order valence-corrected chi connectivity index (χ3v) is 4.61.